The van der Waals surface area contributed by atoms with Crippen LogP contribution < -0.4 is 15.5 Å². The van der Waals surface area contributed by atoms with Crippen molar-refractivity contribution < 1.29 is 4.79 Å². The van der Waals surface area contributed by atoms with E-state index in [1.54, 1.807) is 7.05 Å². The van der Waals surface area contributed by atoms with Crippen molar-refractivity contribution in [1.82, 2.24) is 10.6 Å². The summed E-state index contributed by atoms with van der Waals surface area (Å²) in [6.45, 7) is 8.06. The molecule has 0 radical (unpaired) electrons. The molecule has 0 atom stereocenters. The van der Waals surface area contributed by atoms with Crippen molar-refractivity contribution in [3.8, 4) is 0 Å². The highest BCUT2D eigenvalue weighted by molar-refractivity contribution is 14.0. The fourth-order valence-electron chi connectivity index (χ4n) is 2.64. The Bertz CT molecular complexity index is 571. The minimum atomic E-state index is -0.519. The highest BCUT2D eigenvalue weighted by Gasteiger charge is 2.28. The topological polar surface area (TPSA) is 56.7 Å². The Labute approximate surface area is 156 Å². The first-order chi connectivity index (χ1) is 10.5. The molecule has 1 aromatic rings. The Balaban J connectivity index is 0.00000264. The molecule has 1 aliphatic heterocycles. The third-order valence-corrected chi connectivity index (χ3v) is 3.94. The number of rotatable bonds is 4. The quantitative estimate of drug-likeness (QED) is 0.438. The van der Waals surface area contributed by atoms with Gasteiger partial charge in [0.25, 0.3) is 0 Å². The molecule has 23 heavy (non-hydrogen) atoms. The van der Waals surface area contributed by atoms with Crippen molar-refractivity contribution in [3.05, 3.63) is 29.8 Å². The molecule has 0 fully saturated rings. The maximum Gasteiger partial charge on any atom is 0.227 e. The van der Waals surface area contributed by atoms with Gasteiger partial charge in [0.2, 0.25) is 5.91 Å². The van der Waals surface area contributed by atoms with E-state index in [1.807, 2.05) is 13.8 Å². The van der Waals surface area contributed by atoms with Crippen molar-refractivity contribution in [2.45, 2.75) is 27.2 Å². The Morgan fingerprint density at radius 1 is 1.35 bits per heavy atom. The van der Waals surface area contributed by atoms with Crippen molar-refractivity contribution in [1.29, 1.82) is 0 Å². The number of aliphatic imine (C=N–C) groups is 1. The first-order valence-corrected chi connectivity index (χ1v) is 7.85. The number of hydrogen-bond acceptors (Lipinski definition) is 2. The van der Waals surface area contributed by atoms with Crippen LogP contribution in [0.5, 0.6) is 0 Å². The number of amides is 1. The van der Waals surface area contributed by atoms with Gasteiger partial charge in [0.05, 0.1) is 12.0 Å². The summed E-state index contributed by atoms with van der Waals surface area (Å²) in [4.78, 5) is 18.8. The zero-order valence-corrected chi connectivity index (χ0v) is 16.7. The molecule has 1 aromatic carbocycles. The van der Waals surface area contributed by atoms with Gasteiger partial charge in [0, 0.05) is 25.8 Å². The van der Waals surface area contributed by atoms with Crippen LogP contribution in [-0.4, -0.2) is 38.5 Å². The number of halogens is 1. The molecule has 0 saturated carbocycles. The fraction of sp³-hybridized carbons (Fsp3) is 0.529. The van der Waals surface area contributed by atoms with E-state index < -0.39 is 5.41 Å². The second kappa shape index (κ2) is 8.52. The molecule has 1 aliphatic rings. The monoisotopic (exact) mass is 430 g/mol. The van der Waals surface area contributed by atoms with E-state index in [4.69, 9.17) is 4.99 Å². The van der Waals surface area contributed by atoms with Crippen LogP contribution in [0.25, 0.3) is 0 Å². The van der Waals surface area contributed by atoms with Gasteiger partial charge in [-0.25, -0.2) is 0 Å². The van der Waals surface area contributed by atoms with E-state index in [0.29, 0.717) is 6.54 Å². The lowest BCUT2D eigenvalue weighted by Crippen LogP contribution is -2.42. The molecule has 128 valence electrons. The second-order valence-corrected chi connectivity index (χ2v) is 6.16. The van der Waals surface area contributed by atoms with Crippen LogP contribution in [0, 0.1) is 5.41 Å². The van der Waals surface area contributed by atoms with Gasteiger partial charge < -0.3 is 15.5 Å². The number of nitrogens with one attached hydrogen (secondary N) is 2. The van der Waals surface area contributed by atoms with Crippen molar-refractivity contribution in [2.24, 2.45) is 10.4 Å². The third-order valence-electron chi connectivity index (χ3n) is 3.94. The van der Waals surface area contributed by atoms with Crippen LogP contribution in [0.2, 0.25) is 0 Å². The zero-order valence-electron chi connectivity index (χ0n) is 14.3. The maximum absolute atomic E-state index is 11.9. The fourth-order valence-corrected chi connectivity index (χ4v) is 2.64. The molecule has 0 unspecified atom stereocenters. The molecule has 1 heterocycles. The SMILES string of the molecule is CCNC(=NCC(C)(C)C(=O)NC)N1CCc2ccccc21.I. The number of anilines is 1. The molecular weight excluding hydrogens is 403 g/mol. The van der Waals surface area contributed by atoms with Crippen molar-refractivity contribution >= 4 is 41.5 Å². The van der Waals surface area contributed by atoms with E-state index in [9.17, 15) is 4.79 Å². The molecular formula is C17H27IN4O. The molecule has 0 aromatic heterocycles. The van der Waals surface area contributed by atoms with Gasteiger partial charge in [0.15, 0.2) is 5.96 Å². The van der Waals surface area contributed by atoms with E-state index in [2.05, 4.69) is 46.7 Å². The summed E-state index contributed by atoms with van der Waals surface area (Å²) in [5.41, 5.74) is 2.04. The van der Waals surface area contributed by atoms with E-state index in [1.165, 1.54) is 11.3 Å². The van der Waals surface area contributed by atoms with Crippen LogP contribution in [0.1, 0.15) is 26.3 Å². The van der Waals surface area contributed by atoms with Crippen LogP contribution in [-0.2, 0) is 11.2 Å². The molecule has 2 N–H and O–H groups in total. The maximum atomic E-state index is 11.9. The highest BCUT2D eigenvalue weighted by Crippen LogP contribution is 2.27. The molecule has 5 nitrogen and oxygen atoms in total. The summed E-state index contributed by atoms with van der Waals surface area (Å²) < 4.78 is 0. The Hall–Kier alpha value is -1.31. The molecule has 2 rings (SSSR count). The van der Waals surface area contributed by atoms with Crippen LogP contribution in [0.4, 0.5) is 5.69 Å². The van der Waals surface area contributed by atoms with Gasteiger partial charge in [-0.2, -0.15) is 0 Å². The average Bonchev–Trinajstić information content (AvgIpc) is 2.94. The number of para-hydroxylation sites is 1. The summed E-state index contributed by atoms with van der Waals surface area (Å²) in [7, 11) is 1.66. The molecule has 6 heteroatoms. The molecule has 0 aliphatic carbocycles. The highest BCUT2D eigenvalue weighted by atomic mass is 127. The normalized spacial score (nSPS) is 14.1. The summed E-state index contributed by atoms with van der Waals surface area (Å²) in [6.07, 6.45) is 1.03. The molecule has 0 bridgehead atoms. The van der Waals surface area contributed by atoms with E-state index >= 15 is 0 Å². The Morgan fingerprint density at radius 2 is 2.04 bits per heavy atom. The smallest absolute Gasteiger partial charge is 0.227 e. The van der Waals surface area contributed by atoms with E-state index in [0.717, 1.165) is 25.5 Å². The summed E-state index contributed by atoms with van der Waals surface area (Å²) in [5.74, 6) is 0.860. The van der Waals surface area contributed by atoms with E-state index in [-0.39, 0.29) is 29.9 Å². The van der Waals surface area contributed by atoms with Crippen LogP contribution in [0.3, 0.4) is 0 Å². The lowest BCUT2D eigenvalue weighted by atomic mass is 9.93. The lowest BCUT2D eigenvalue weighted by Gasteiger charge is -2.25. The Kier molecular flexibility index (Phi) is 7.31. The van der Waals surface area contributed by atoms with Gasteiger partial charge in [-0.05, 0) is 38.8 Å². The standard InChI is InChI=1S/C17H26N4O.HI/c1-5-19-16(20-12-17(2,3)15(22)18-4)21-11-10-13-8-6-7-9-14(13)21;/h6-9H,5,10-12H2,1-4H3,(H,18,22)(H,19,20);1H. The number of benzene rings is 1. The van der Waals surface area contributed by atoms with Gasteiger partial charge in [-0.3, -0.25) is 9.79 Å². The predicted molar refractivity (Wildman–Crippen MR) is 107 cm³/mol. The van der Waals surface area contributed by atoms with Crippen LogP contribution >= 0.6 is 24.0 Å². The predicted octanol–water partition coefficient (Wildman–Crippen LogP) is 2.40. The van der Waals surface area contributed by atoms with Gasteiger partial charge in [-0.15, -0.1) is 24.0 Å². The minimum absolute atomic E-state index is 0. The van der Waals surface area contributed by atoms with Gasteiger partial charge >= 0.3 is 0 Å². The number of hydrogen-bond donors (Lipinski definition) is 2. The number of fused-ring (bicyclic) bond motifs is 1. The largest absolute Gasteiger partial charge is 0.359 e. The third kappa shape index (κ3) is 4.59. The van der Waals surface area contributed by atoms with Crippen molar-refractivity contribution in [2.75, 3.05) is 31.6 Å². The average molecular weight is 430 g/mol. The number of carbonyl (C=O) groups excluding carboxylic acids is 1. The van der Waals surface area contributed by atoms with Gasteiger partial charge in [0.1, 0.15) is 0 Å². The lowest BCUT2D eigenvalue weighted by molar-refractivity contribution is -0.128. The summed E-state index contributed by atoms with van der Waals surface area (Å²) in [5, 5.41) is 6.04. The molecule has 0 saturated heterocycles. The number of nitrogens with zero attached hydrogens (tertiary/aromatic N) is 2. The first kappa shape index (κ1) is 19.7. The molecule has 0 spiro atoms. The molecule has 1 amide bonds. The zero-order chi connectivity index (χ0) is 16.2. The summed E-state index contributed by atoms with van der Waals surface area (Å²) in [6, 6.07) is 8.41. The van der Waals surface area contributed by atoms with Gasteiger partial charge in [-0.1, -0.05) is 18.2 Å². The number of guanidine groups is 1. The minimum Gasteiger partial charge on any atom is -0.359 e. The Morgan fingerprint density at radius 3 is 2.70 bits per heavy atom. The summed E-state index contributed by atoms with van der Waals surface area (Å²) >= 11 is 0. The van der Waals surface area contributed by atoms with Crippen LogP contribution in [0.15, 0.2) is 29.3 Å². The second-order valence-electron chi connectivity index (χ2n) is 6.16. The number of carbonyl (C=O) groups is 1. The first-order valence-electron chi connectivity index (χ1n) is 7.85. The van der Waals surface area contributed by atoms with Crippen molar-refractivity contribution in [3.63, 3.8) is 0 Å².